The predicted octanol–water partition coefficient (Wildman–Crippen LogP) is -0.0678. The number of esters is 4. The molecule has 5 atom stereocenters. The van der Waals surface area contributed by atoms with Crippen LogP contribution in [0.5, 0.6) is 5.75 Å². The Labute approximate surface area is 233 Å². The molecule has 0 radical (unpaired) electrons. The SMILES string of the molecule is COC(=O)c1cc(-n2nncc2CO[C@@H]2O[C@H](COC(C)=O)[C@@H](OC(C)=O)[C@H](OC(C)=O)[C@@H]2NC(C)=O)ccc1O. The molecule has 0 saturated carbocycles. The first-order valence-electron chi connectivity index (χ1n) is 12.2. The molecule has 1 fully saturated rings. The van der Waals surface area contributed by atoms with Gasteiger partial charge < -0.3 is 38.8 Å². The molecule has 222 valence electrons. The normalized spacial score (nSPS) is 21.8. The highest BCUT2D eigenvalue weighted by molar-refractivity contribution is 5.93. The largest absolute Gasteiger partial charge is 0.507 e. The second-order valence-electron chi connectivity index (χ2n) is 8.86. The molecule has 16 nitrogen and oxygen atoms in total. The number of amides is 1. The second-order valence-corrected chi connectivity index (χ2v) is 8.86. The summed E-state index contributed by atoms with van der Waals surface area (Å²) in [5.74, 6) is -3.73. The van der Waals surface area contributed by atoms with E-state index in [1.54, 1.807) is 0 Å². The molecule has 1 aromatic carbocycles. The Bertz CT molecular complexity index is 1300. The van der Waals surface area contributed by atoms with Crippen molar-refractivity contribution in [1.82, 2.24) is 20.3 Å². The lowest BCUT2D eigenvalue weighted by atomic mass is 9.96. The van der Waals surface area contributed by atoms with E-state index in [0.29, 0.717) is 11.4 Å². The number of carbonyl (C=O) groups is 5. The number of hydrogen-bond donors (Lipinski definition) is 2. The second kappa shape index (κ2) is 13.7. The maximum atomic E-state index is 12.1. The Morgan fingerprint density at radius 2 is 1.71 bits per heavy atom. The smallest absolute Gasteiger partial charge is 0.341 e. The number of nitrogens with one attached hydrogen (secondary N) is 1. The average Bonchev–Trinajstić information content (AvgIpc) is 3.37. The molecule has 1 aliphatic heterocycles. The molecule has 0 spiro atoms. The summed E-state index contributed by atoms with van der Waals surface area (Å²) in [6.45, 7) is 4.02. The van der Waals surface area contributed by atoms with Crippen LogP contribution in [0.15, 0.2) is 24.4 Å². The lowest BCUT2D eigenvalue weighted by Crippen LogP contribution is -2.66. The lowest BCUT2D eigenvalue weighted by molar-refractivity contribution is -0.280. The van der Waals surface area contributed by atoms with Crippen molar-refractivity contribution in [2.24, 2.45) is 0 Å². The third-order valence-corrected chi connectivity index (χ3v) is 5.72. The average molecular weight is 579 g/mol. The van der Waals surface area contributed by atoms with Crippen molar-refractivity contribution in [2.75, 3.05) is 13.7 Å². The van der Waals surface area contributed by atoms with E-state index in [1.165, 1.54) is 50.0 Å². The van der Waals surface area contributed by atoms with Gasteiger partial charge in [-0.15, -0.1) is 5.10 Å². The zero-order valence-corrected chi connectivity index (χ0v) is 22.9. The van der Waals surface area contributed by atoms with Gasteiger partial charge in [-0.1, -0.05) is 5.21 Å². The Balaban J connectivity index is 1.94. The Hall–Kier alpha value is -4.57. The fraction of sp³-hybridized carbons (Fsp3) is 0.480. The van der Waals surface area contributed by atoms with E-state index in [1.807, 2.05) is 0 Å². The van der Waals surface area contributed by atoms with E-state index >= 15 is 0 Å². The number of aromatic nitrogens is 3. The molecule has 2 N–H and O–H groups in total. The maximum absolute atomic E-state index is 12.1. The van der Waals surface area contributed by atoms with Crippen molar-refractivity contribution in [2.45, 2.75) is 64.9 Å². The highest BCUT2D eigenvalue weighted by Gasteiger charge is 2.51. The van der Waals surface area contributed by atoms with Crippen LogP contribution in [0.25, 0.3) is 5.69 Å². The summed E-state index contributed by atoms with van der Waals surface area (Å²) in [7, 11) is 1.17. The summed E-state index contributed by atoms with van der Waals surface area (Å²) in [6.07, 6.45) is -3.66. The monoisotopic (exact) mass is 578 g/mol. The molecule has 1 aromatic heterocycles. The van der Waals surface area contributed by atoms with Gasteiger partial charge in [0.2, 0.25) is 5.91 Å². The van der Waals surface area contributed by atoms with E-state index in [2.05, 4.69) is 20.4 Å². The number of ether oxygens (including phenoxy) is 6. The molecule has 0 unspecified atom stereocenters. The number of phenolic OH excluding ortho intramolecular Hbond substituents is 1. The van der Waals surface area contributed by atoms with Crippen LogP contribution in [-0.4, -0.2) is 94.2 Å². The quantitative estimate of drug-likeness (QED) is 0.280. The van der Waals surface area contributed by atoms with Crippen LogP contribution < -0.4 is 5.32 Å². The number of carbonyl (C=O) groups excluding carboxylic acids is 5. The van der Waals surface area contributed by atoms with Gasteiger partial charge in [0.15, 0.2) is 18.5 Å². The van der Waals surface area contributed by atoms with Crippen molar-refractivity contribution >= 4 is 29.8 Å². The van der Waals surface area contributed by atoms with E-state index in [0.717, 1.165) is 13.8 Å². The van der Waals surface area contributed by atoms with Gasteiger partial charge in [0.25, 0.3) is 0 Å². The summed E-state index contributed by atoms with van der Waals surface area (Å²) in [5.41, 5.74) is 0.574. The van der Waals surface area contributed by atoms with Gasteiger partial charge in [0.1, 0.15) is 30.1 Å². The number of hydrogen-bond acceptors (Lipinski definition) is 14. The van der Waals surface area contributed by atoms with E-state index in [9.17, 15) is 29.1 Å². The Kier molecular flexibility index (Phi) is 10.3. The van der Waals surface area contributed by atoms with E-state index in [4.69, 9.17) is 23.7 Å². The molecular formula is C25H30N4O12. The van der Waals surface area contributed by atoms with Crippen molar-refractivity contribution in [1.29, 1.82) is 0 Å². The van der Waals surface area contributed by atoms with E-state index < -0.39 is 60.4 Å². The minimum atomic E-state index is -1.32. The van der Waals surface area contributed by atoms with Gasteiger partial charge in [0.05, 0.1) is 31.3 Å². The fourth-order valence-electron chi connectivity index (χ4n) is 4.10. The Morgan fingerprint density at radius 3 is 2.32 bits per heavy atom. The number of benzene rings is 1. The standard InChI is InChI=1S/C25H30N4O12/c1-12(30)27-21-23(40-15(4)33)22(39-14(3)32)20(11-37-13(2)31)41-25(21)38-10-17-9-26-28-29(17)16-6-7-19(34)18(8-16)24(35)36-5/h6-9,20-23,25,34H,10-11H2,1-5H3,(H,27,30)/t20-,21+,22-,23-,25-/m1/s1. The molecule has 16 heteroatoms. The van der Waals surface area contributed by atoms with Crippen LogP contribution in [0.2, 0.25) is 0 Å². The third-order valence-electron chi connectivity index (χ3n) is 5.72. The molecule has 2 aromatic rings. The van der Waals surface area contributed by atoms with Gasteiger partial charge in [-0.2, -0.15) is 0 Å². The van der Waals surface area contributed by atoms with Gasteiger partial charge in [0, 0.05) is 27.7 Å². The first-order chi connectivity index (χ1) is 19.4. The minimum absolute atomic E-state index is 0.109. The van der Waals surface area contributed by atoms with Gasteiger partial charge in [-0.05, 0) is 18.2 Å². The van der Waals surface area contributed by atoms with Gasteiger partial charge >= 0.3 is 23.9 Å². The topological polar surface area (TPSA) is 204 Å². The summed E-state index contributed by atoms with van der Waals surface area (Å²) < 4.78 is 33.8. The lowest BCUT2D eigenvalue weighted by Gasteiger charge is -2.44. The zero-order valence-electron chi connectivity index (χ0n) is 22.9. The first-order valence-corrected chi connectivity index (χ1v) is 12.2. The molecule has 2 heterocycles. The molecule has 1 aliphatic rings. The third kappa shape index (κ3) is 7.98. The molecule has 3 rings (SSSR count). The summed E-state index contributed by atoms with van der Waals surface area (Å²) >= 11 is 0. The number of nitrogens with zero attached hydrogens (tertiary/aromatic N) is 3. The van der Waals surface area contributed by atoms with Crippen molar-refractivity contribution in [3.63, 3.8) is 0 Å². The number of methoxy groups -OCH3 is 1. The molecular weight excluding hydrogens is 548 g/mol. The van der Waals surface area contributed by atoms with Crippen LogP contribution in [0.3, 0.4) is 0 Å². The minimum Gasteiger partial charge on any atom is -0.507 e. The van der Waals surface area contributed by atoms with Crippen LogP contribution in [0.1, 0.15) is 43.7 Å². The Morgan fingerprint density at radius 1 is 1.02 bits per heavy atom. The molecule has 0 aliphatic carbocycles. The number of rotatable bonds is 10. The number of phenols is 1. The molecule has 1 amide bonds. The summed E-state index contributed by atoms with van der Waals surface area (Å²) in [4.78, 5) is 59.5. The first kappa shape index (κ1) is 31.0. The highest BCUT2D eigenvalue weighted by atomic mass is 16.7. The van der Waals surface area contributed by atoms with Crippen LogP contribution in [0, 0.1) is 0 Å². The molecule has 0 bridgehead atoms. The fourth-order valence-corrected chi connectivity index (χ4v) is 4.10. The van der Waals surface area contributed by atoms with Gasteiger partial charge in [-0.3, -0.25) is 19.2 Å². The van der Waals surface area contributed by atoms with Gasteiger partial charge in [-0.25, -0.2) is 9.48 Å². The highest BCUT2D eigenvalue weighted by Crippen LogP contribution is 2.29. The van der Waals surface area contributed by atoms with Crippen molar-refractivity contribution in [3.8, 4) is 11.4 Å². The summed E-state index contributed by atoms with van der Waals surface area (Å²) in [5, 5.41) is 20.5. The zero-order chi connectivity index (χ0) is 30.3. The van der Waals surface area contributed by atoms with E-state index in [-0.39, 0.29) is 24.5 Å². The molecule has 1 saturated heterocycles. The predicted molar refractivity (Wildman–Crippen MR) is 133 cm³/mol. The van der Waals surface area contributed by atoms with Crippen molar-refractivity contribution < 1.29 is 57.5 Å². The molecule has 41 heavy (non-hydrogen) atoms. The maximum Gasteiger partial charge on any atom is 0.341 e. The van der Waals surface area contributed by atoms with Crippen LogP contribution in [0.4, 0.5) is 0 Å². The van der Waals surface area contributed by atoms with Crippen LogP contribution in [-0.2, 0) is 54.2 Å². The van der Waals surface area contributed by atoms with Crippen molar-refractivity contribution in [3.05, 3.63) is 35.7 Å². The van der Waals surface area contributed by atoms with Crippen LogP contribution >= 0.6 is 0 Å². The number of aromatic hydroxyl groups is 1. The summed E-state index contributed by atoms with van der Waals surface area (Å²) in [6, 6.07) is 2.93.